The van der Waals surface area contributed by atoms with Gasteiger partial charge in [-0.05, 0) is 43.1 Å². The zero-order valence-electron chi connectivity index (χ0n) is 10.6. The molecule has 1 unspecified atom stereocenters. The van der Waals surface area contributed by atoms with Gasteiger partial charge in [0, 0.05) is 30.3 Å². The average molecular weight is 291 g/mol. The average Bonchev–Trinajstić information content (AvgIpc) is 2.36. The van der Waals surface area contributed by atoms with Gasteiger partial charge < -0.3 is 15.8 Å². The Balaban J connectivity index is 2.35. The smallest absolute Gasteiger partial charge is 0.0465 e. The van der Waals surface area contributed by atoms with E-state index in [1.54, 1.807) is 13.2 Å². The summed E-state index contributed by atoms with van der Waals surface area (Å²) in [6, 6.07) is 5.53. The van der Waals surface area contributed by atoms with Crippen molar-refractivity contribution < 1.29 is 4.74 Å². The van der Waals surface area contributed by atoms with Crippen LogP contribution in [0.15, 0.2) is 18.2 Å². The van der Waals surface area contributed by atoms with Crippen LogP contribution in [-0.2, 0) is 11.3 Å². The highest BCUT2D eigenvalue weighted by Crippen LogP contribution is 2.20. The predicted molar refractivity (Wildman–Crippen MR) is 77.2 cm³/mol. The molecule has 18 heavy (non-hydrogen) atoms. The van der Waals surface area contributed by atoms with Crippen LogP contribution in [0.3, 0.4) is 0 Å². The second-order valence-corrected chi connectivity index (χ2v) is 5.09. The SMILES string of the molecule is COCCC(CN)CNCc1ccc(Cl)cc1Cl. The van der Waals surface area contributed by atoms with E-state index in [2.05, 4.69) is 5.32 Å². The van der Waals surface area contributed by atoms with E-state index in [1.807, 2.05) is 12.1 Å². The van der Waals surface area contributed by atoms with Crippen molar-refractivity contribution >= 4 is 23.2 Å². The number of hydrogen-bond donors (Lipinski definition) is 2. The van der Waals surface area contributed by atoms with Crippen molar-refractivity contribution in [3.8, 4) is 0 Å². The molecule has 102 valence electrons. The van der Waals surface area contributed by atoms with Crippen LogP contribution in [0.4, 0.5) is 0 Å². The van der Waals surface area contributed by atoms with E-state index in [4.69, 9.17) is 33.7 Å². The summed E-state index contributed by atoms with van der Waals surface area (Å²) in [5.74, 6) is 0.427. The summed E-state index contributed by atoms with van der Waals surface area (Å²) in [5.41, 5.74) is 6.75. The second kappa shape index (κ2) is 8.73. The fourth-order valence-electron chi connectivity index (χ4n) is 1.66. The lowest BCUT2D eigenvalue weighted by molar-refractivity contribution is 0.177. The van der Waals surface area contributed by atoms with Gasteiger partial charge in [-0.15, -0.1) is 0 Å². The molecule has 0 aliphatic rings. The number of hydrogen-bond acceptors (Lipinski definition) is 3. The molecule has 1 atom stereocenters. The number of halogens is 2. The van der Waals surface area contributed by atoms with E-state index in [0.29, 0.717) is 22.5 Å². The lowest BCUT2D eigenvalue weighted by Gasteiger charge is -2.15. The molecule has 0 aromatic heterocycles. The molecule has 0 amide bonds. The molecule has 3 N–H and O–H groups in total. The lowest BCUT2D eigenvalue weighted by atomic mass is 10.1. The van der Waals surface area contributed by atoms with Gasteiger partial charge >= 0.3 is 0 Å². The summed E-state index contributed by atoms with van der Waals surface area (Å²) in [6.07, 6.45) is 0.967. The highest BCUT2D eigenvalue weighted by molar-refractivity contribution is 6.35. The quantitative estimate of drug-likeness (QED) is 0.774. The molecule has 0 bridgehead atoms. The van der Waals surface area contributed by atoms with Gasteiger partial charge in [-0.25, -0.2) is 0 Å². The van der Waals surface area contributed by atoms with Crippen molar-refractivity contribution in [1.82, 2.24) is 5.32 Å². The molecule has 0 aliphatic heterocycles. The molecule has 0 aliphatic carbocycles. The maximum atomic E-state index is 6.09. The Morgan fingerprint density at radius 3 is 2.78 bits per heavy atom. The van der Waals surface area contributed by atoms with Gasteiger partial charge in [-0.3, -0.25) is 0 Å². The first-order valence-corrected chi connectivity index (χ1v) is 6.76. The Morgan fingerprint density at radius 1 is 1.39 bits per heavy atom. The van der Waals surface area contributed by atoms with Crippen LogP contribution in [-0.4, -0.2) is 26.8 Å². The molecule has 1 aromatic rings. The summed E-state index contributed by atoms with van der Waals surface area (Å²) in [5, 5.41) is 4.71. The van der Waals surface area contributed by atoms with E-state index in [1.165, 1.54) is 0 Å². The van der Waals surface area contributed by atoms with Crippen LogP contribution >= 0.6 is 23.2 Å². The molecule has 0 heterocycles. The summed E-state index contributed by atoms with van der Waals surface area (Å²) >= 11 is 11.9. The Morgan fingerprint density at radius 2 is 2.17 bits per heavy atom. The number of benzene rings is 1. The summed E-state index contributed by atoms with van der Waals surface area (Å²) in [7, 11) is 1.70. The third-order valence-electron chi connectivity index (χ3n) is 2.83. The van der Waals surface area contributed by atoms with E-state index in [9.17, 15) is 0 Å². The topological polar surface area (TPSA) is 47.3 Å². The van der Waals surface area contributed by atoms with Crippen molar-refractivity contribution in [3.05, 3.63) is 33.8 Å². The van der Waals surface area contributed by atoms with E-state index < -0.39 is 0 Å². The van der Waals surface area contributed by atoms with Gasteiger partial charge in [0.1, 0.15) is 0 Å². The summed E-state index contributed by atoms with van der Waals surface area (Å²) in [4.78, 5) is 0. The second-order valence-electron chi connectivity index (χ2n) is 4.25. The number of rotatable bonds is 8. The lowest BCUT2D eigenvalue weighted by Crippen LogP contribution is -2.29. The van der Waals surface area contributed by atoms with Crippen LogP contribution in [0.2, 0.25) is 10.0 Å². The highest BCUT2D eigenvalue weighted by atomic mass is 35.5. The van der Waals surface area contributed by atoms with Crippen LogP contribution in [0.1, 0.15) is 12.0 Å². The molecule has 0 fully saturated rings. The predicted octanol–water partition coefficient (Wildman–Crippen LogP) is 2.69. The van der Waals surface area contributed by atoms with Crippen molar-refractivity contribution in [2.24, 2.45) is 11.7 Å². The van der Waals surface area contributed by atoms with Gasteiger partial charge in [0.25, 0.3) is 0 Å². The minimum Gasteiger partial charge on any atom is -0.385 e. The van der Waals surface area contributed by atoms with Crippen molar-refractivity contribution in [3.63, 3.8) is 0 Å². The monoisotopic (exact) mass is 290 g/mol. The Kier molecular flexibility index (Phi) is 7.63. The van der Waals surface area contributed by atoms with E-state index >= 15 is 0 Å². The fourth-order valence-corrected chi connectivity index (χ4v) is 2.14. The summed E-state index contributed by atoms with van der Waals surface area (Å²) < 4.78 is 5.05. The van der Waals surface area contributed by atoms with Crippen molar-refractivity contribution in [2.45, 2.75) is 13.0 Å². The fraction of sp³-hybridized carbons (Fsp3) is 0.538. The van der Waals surface area contributed by atoms with Gasteiger partial charge in [-0.2, -0.15) is 0 Å². The third-order valence-corrected chi connectivity index (χ3v) is 3.41. The zero-order valence-corrected chi connectivity index (χ0v) is 12.1. The van der Waals surface area contributed by atoms with Gasteiger partial charge in [0.05, 0.1) is 0 Å². The van der Waals surface area contributed by atoms with Crippen molar-refractivity contribution in [2.75, 3.05) is 26.8 Å². The molecule has 0 radical (unpaired) electrons. The molecule has 0 saturated heterocycles. The highest BCUT2D eigenvalue weighted by Gasteiger charge is 2.07. The first kappa shape index (κ1) is 15.7. The minimum atomic E-state index is 0.427. The molecule has 0 spiro atoms. The zero-order chi connectivity index (χ0) is 13.4. The van der Waals surface area contributed by atoms with Crippen LogP contribution in [0, 0.1) is 5.92 Å². The molecular weight excluding hydrogens is 271 g/mol. The number of nitrogens with one attached hydrogen (secondary N) is 1. The Labute approximate surface area is 119 Å². The summed E-state index contributed by atoms with van der Waals surface area (Å²) in [6.45, 7) is 2.98. The molecule has 1 aromatic carbocycles. The molecule has 3 nitrogen and oxygen atoms in total. The maximum absolute atomic E-state index is 6.09. The largest absolute Gasteiger partial charge is 0.385 e. The van der Waals surface area contributed by atoms with Crippen LogP contribution < -0.4 is 11.1 Å². The Bertz CT molecular complexity index is 361. The third kappa shape index (κ3) is 5.55. The van der Waals surface area contributed by atoms with Crippen molar-refractivity contribution in [1.29, 1.82) is 0 Å². The minimum absolute atomic E-state index is 0.427. The van der Waals surface area contributed by atoms with Gasteiger partial charge in [-0.1, -0.05) is 29.3 Å². The van der Waals surface area contributed by atoms with Gasteiger partial charge in [0.15, 0.2) is 0 Å². The molecule has 5 heteroatoms. The standard InChI is InChI=1S/C13H20Cl2N2O/c1-18-5-4-10(7-16)8-17-9-11-2-3-12(14)6-13(11)15/h2-3,6,10,17H,4-5,7-9,16H2,1H3. The molecule has 0 saturated carbocycles. The van der Waals surface area contributed by atoms with E-state index in [0.717, 1.165) is 31.7 Å². The first-order chi connectivity index (χ1) is 8.67. The maximum Gasteiger partial charge on any atom is 0.0465 e. The number of methoxy groups -OCH3 is 1. The molecular formula is C13H20Cl2N2O. The Hall–Kier alpha value is -0.320. The molecule has 1 rings (SSSR count). The number of ether oxygens (including phenoxy) is 1. The number of nitrogens with two attached hydrogens (primary N) is 1. The van der Waals surface area contributed by atoms with Crippen LogP contribution in [0.5, 0.6) is 0 Å². The first-order valence-electron chi connectivity index (χ1n) is 6.01. The van der Waals surface area contributed by atoms with E-state index in [-0.39, 0.29) is 0 Å². The van der Waals surface area contributed by atoms with Gasteiger partial charge in [0.2, 0.25) is 0 Å². The normalized spacial score (nSPS) is 12.7. The van der Waals surface area contributed by atoms with Crippen LogP contribution in [0.25, 0.3) is 0 Å².